The molecule has 0 spiro atoms. The van der Waals surface area contributed by atoms with Gasteiger partial charge in [0.05, 0.1) is 29.5 Å². The zero-order chi connectivity index (χ0) is 35.9. The molecule has 1 heterocycles. The lowest BCUT2D eigenvalue weighted by Gasteiger charge is -2.31. The Bertz CT molecular complexity index is 2490. The van der Waals surface area contributed by atoms with Crippen LogP contribution in [0.4, 0.5) is 17.2 Å². The number of rotatable bonds is 7. The van der Waals surface area contributed by atoms with Crippen LogP contribution < -0.4 is 4.90 Å². The second-order valence-corrected chi connectivity index (χ2v) is 14.2. The van der Waals surface area contributed by atoms with Crippen molar-refractivity contribution in [1.29, 1.82) is 0 Å². The summed E-state index contributed by atoms with van der Waals surface area (Å²) in [6.45, 7) is 13.5. The number of aromatic nitrogens is 2. The van der Waals surface area contributed by atoms with Crippen molar-refractivity contribution >= 4 is 38.7 Å². The summed E-state index contributed by atoms with van der Waals surface area (Å²) in [5.41, 5.74) is 15.9. The molecule has 0 bridgehead atoms. The van der Waals surface area contributed by atoms with E-state index in [1.165, 1.54) is 60.8 Å². The SMILES string of the molecule is Cc1cc(C)c(C(c2c(C)cc(C)cc2C)c2ccc(N(c3cncc(-c4ccccc4)n3)c3cccc4ccccc34)c3ccccc23)c(C)c1. The molecule has 0 N–H and O–H groups in total. The van der Waals surface area contributed by atoms with Gasteiger partial charge >= 0.3 is 0 Å². The molecule has 0 saturated heterocycles. The molecule has 0 radical (unpaired) electrons. The van der Waals surface area contributed by atoms with Gasteiger partial charge in [-0.05, 0) is 103 Å². The van der Waals surface area contributed by atoms with Crippen LogP contribution >= 0.6 is 0 Å². The molecule has 0 atom stereocenters. The fourth-order valence-electron chi connectivity index (χ4n) is 8.49. The molecule has 0 fully saturated rings. The minimum Gasteiger partial charge on any atom is -0.292 e. The Morgan fingerprint density at radius 3 is 1.67 bits per heavy atom. The quantitative estimate of drug-likeness (QED) is 0.158. The molecular formula is C49H43N3. The van der Waals surface area contributed by atoms with Crippen molar-refractivity contribution in [3.8, 4) is 11.3 Å². The molecule has 7 aromatic carbocycles. The van der Waals surface area contributed by atoms with Gasteiger partial charge in [0.1, 0.15) is 0 Å². The largest absolute Gasteiger partial charge is 0.292 e. The Kier molecular flexibility index (Phi) is 8.64. The Labute approximate surface area is 307 Å². The summed E-state index contributed by atoms with van der Waals surface area (Å²) in [6, 6.07) is 48.3. The molecule has 0 aliphatic carbocycles. The van der Waals surface area contributed by atoms with Gasteiger partial charge in [-0.2, -0.15) is 0 Å². The predicted octanol–water partition coefficient (Wildman–Crippen LogP) is 13.0. The number of anilines is 3. The van der Waals surface area contributed by atoms with Gasteiger partial charge in [-0.1, -0.05) is 132 Å². The summed E-state index contributed by atoms with van der Waals surface area (Å²) in [5.74, 6) is 0.815. The Morgan fingerprint density at radius 1 is 0.481 bits per heavy atom. The highest BCUT2D eigenvalue weighted by atomic mass is 15.2. The van der Waals surface area contributed by atoms with Gasteiger partial charge in [0.2, 0.25) is 0 Å². The third-order valence-corrected chi connectivity index (χ3v) is 10.5. The van der Waals surface area contributed by atoms with Crippen molar-refractivity contribution in [2.24, 2.45) is 0 Å². The molecule has 3 nitrogen and oxygen atoms in total. The van der Waals surface area contributed by atoms with Crippen LogP contribution in [0.15, 0.2) is 146 Å². The van der Waals surface area contributed by atoms with Gasteiger partial charge in [-0.25, -0.2) is 4.98 Å². The average molecular weight is 674 g/mol. The Morgan fingerprint density at radius 2 is 1.02 bits per heavy atom. The maximum absolute atomic E-state index is 5.29. The lowest BCUT2D eigenvalue weighted by Crippen LogP contribution is -2.15. The number of aryl methyl sites for hydroxylation is 6. The van der Waals surface area contributed by atoms with Crippen LogP contribution in [0.3, 0.4) is 0 Å². The van der Waals surface area contributed by atoms with Crippen molar-refractivity contribution in [1.82, 2.24) is 9.97 Å². The van der Waals surface area contributed by atoms with Crippen molar-refractivity contribution < 1.29 is 0 Å². The van der Waals surface area contributed by atoms with Gasteiger partial charge < -0.3 is 0 Å². The van der Waals surface area contributed by atoms with Crippen molar-refractivity contribution in [2.75, 3.05) is 4.90 Å². The smallest absolute Gasteiger partial charge is 0.156 e. The highest BCUT2D eigenvalue weighted by molar-refractivity contribution is 6.05. The van der Waals surface area contributed by atoms with Crippen LogP contribution in [0.5, 0.6) is 0 Å². The summed E-state index contributed by atoms with van der Waals surface area (Å²) in [6.07, 6.45) is 3.74. The number of hydrogen-bond donors (Lipinski definition) is 0. The van der Waals surface area contributed by atoms with Gasteiger partial charge in [0.15, 0.2) is 5.82 Å². The first-order valence-corrected chi connectivity index (χ1v) is 18.1. The van der Waals surface area contributed by atoms with E-state index in [2.05, 4.69) is 162 Å². The highest BCUT2D eigenvalue weighted by Crippen LogP contribution is 2.47. The summed E-state index contributed by atoms with van der Waals surface area (Å²) < 4.78 is 0. The molecule has 1 aromatic heterocycles. The van der Waals surface area contributed by atoms with E-state index in [9.17, 15) is 0 Å². The summed E-state index contributed by atoms with van der Waals surface area (Å²) >= 11 is 0. The fourth-order valence-corrected chi connectivity index (χ4v) is 8.49. The molecule has 8 aromatic rings. The van der Waals surface area contributed by atoms with E-state index in [0.717, 1.165) is 39.2 Å². The van der Waals surface area contributed by atoms with Crippen LogP contribution in [0, 0.1) is 41.5 Å². The molecule has 0 saturated carbocycles. The summed E-state index contributed by atoms with van der Waals surface area (Å²) in [4.78, 5) is 12.4. The Balaban J connectivity index is 1.42. The predicted molar refractivity (Wildman–Crippen MR) is 219 cm³/mol. The maximum atomic E-state index is 5.29. The van der Waals surface area contributed by atoms with Crippen LogP contribution in [0.25, 0.3) is 32.8 Å². The minimum absolute atomic E-state index is 0.0485. The second-order valence-electron chi connectivity index (χ2n) is 14.2. The molecular weight excluding hydrogens is 631 g/mol. The van der Waals surface area contributed by atoms with E-state index in [1.807, 2.05) is 30.6 Å². The lowest BCUT2D eigenvalue weighted by molar-refractivity contribution is 0.928. The number of fused-ring (bicyclic) bond motifs is 2. The van der Waals surface area contributed by atoms with E-state index in [4.69, 9.17) is 9.97 Å². The first-order valence-electron chi connectivity index (χ1n) is 18.1. The monoisotopic (exact) mass is 673 g/mol. The van der Waals surface area contributed by atoms with E-state index in [1.54, 1.807) is 0 Å². The lowest BCUT2D eigenvalue weighted by atomic mass is 9.75. The zero-order valence-electron chi connectivity index (χ0n) is 30.8. The number of benzene rings is 7. The third kappa shape index (κ3) is 5.92. The topological polar surface area (TPSA) is 29.0 Å². The van der Waals surface area contributed by atoms with Crippen LogP contribution in [-0.2, 0) is 0 Å². The molecule has 0 aliphatic heterocycles. The molecule has 254 valence electrons. The van der Waals surface area contributed by atoms with Gasteiger partial charge in [0, 0.05) is 22.3 Å². The van der Waals surface area contributed by atoms with Crippen LogP contribution in [0.2, 0.25) is 0 Å². The van der Waals surface area contributed by atoms with Gasteiger partial charge in [-0.15, -0.1) is 0 Å². The van der Waals surface area contributed by atoms with Gasteiger partial charge in [0.25, 0.3) is 0 Å². The van der Waals surface area contributed by atoms with Crippen LogP contribution in [0.1, 0.15) is 56.0 Å². The molecule has 3 heteroatoms. The first kappa shape index (κ1) is 33.1. The standard InChI is InChI=1S/C49H43N3/c1-31-25-33(3)47(34(4)26-31)49(48-35(5)27-32(2)28-36(48)6)42-23-24-45(41-21-13-12-20-40(41)42)52(44-22-14-18-37-15-10-11-19-39(37)44)46-30-50-29-43(51-46)38-16-8-7-9-17-38/h7-30,49H,1-6H3. The molecule has 0 unspecified atom stereocenters. The molecule has 0 aliphatic rings. The maximum Gasteiger partial charge on any atom is 0.156 e. The van der Waals surface area contributed by atoms with E-state index >= 15 is 0 Å². The molecule has 52 heavy (non-hydrogen) atoms. The van der Waals surface area contributed by atoms with E-state index in [-0.39, 0.29) is 5.92 Å². The molecule has 8 rings (SSSR count). The average Bonchev–Trinajstić information content (AvgIpc) is 3.14. The van der Waals surface area contributed by atoms with Crippen molar-refractivity contribution in [2.45, 2.75) is 47.5 Å². The summed E-state index contributed by atoms with van der Waals surface area (Å²) in [7, 11) is 0. The van der Waals surface area contributed by atoms with E-state index in [0.29, 0.717) is 0 Å². The van der Waals surface area contributed by atoms with Crippen molar-refractivity contribution in [3.05, 3.63) is 196 Å². The number of nitrogens with zero attached hydrogens (tertiary/aromatic N) is 3. The fraction of sp³-hybridized carbons (Fsp3) is 0.143. The zero-order valence-corrected chi connectivity index (χ0v) is 30.8. The van der Waals surface area contributed by atoms with Crippen LogP contribution in [-0.4, -0.2) is 9.97 Å². The molecule has 0 amide bonds. The first-order chi connectivity index (χ1) is 25.3. The highest BCUT2D eigenvalue weighted by Gasteiger charge is 2.28. The number of hydrogen-bond acceptors (Lipinski definition) is 3. The second kappa shape index (κ2) is 13.6. The third-order valence-electron chi connectivity index (χ3n) is 10.5. The van der Waals surface area contributed by atoms with E-state index < -0.39 is 0 Å². The van der Waals surface area contributed by atoms with Crippen molar-refractivity contribution in [3.63, 3.8) is 0 Å². The minimum atomic E-state index is 0.0485. The Hall–Kier alpha value is -6.06. The normalized spacial score (nSPS) is 11.4. The summed E-state index contributed by atoms with van der Waals surface area (Å²) in [5, 5.41) is 4.71. The van der Waals surface area contributed by atoms with Gasteiger partial charge in [-0.3, -0.25) is 9.88 Å².